The second-order valence-corrected chi connectivity index (χ2v) is 12.2. The van der Waals surface area contributed by atoms with E-state index in [4.69, 9.17) is 4.98 Å². The van der Waals surface area contributed by atoms with Gasteiger partial charge in [0.2, 0.25) is 0 Å². The average molecular weight is 573 g/mol. The molecule has 1 amide bonds. The van der Waals surface area contributed by atoms with Gasteiger partial charge >= 0.3 is 0 Å². The molecule has 202 valence electrons. The van der Waals surface area contributed by atoms with Crippen molar-refractivity contribution in [3.05, 3.63) is 82.9 Å². The number of aryl methyl sites for hydroxylation is 3. The summed E-state index contributed by atoms with van der Waals surface area (Å²) in [6.45, 7) is 7.40. The number of benzene rings is 3. The summed E-state index contributed by atoms with van der Waals surface area (Å²) in [5.41, 5.74) is 5.08. The highest BCUT2D eigenvalue weighted by atomic mass is 35.5. The summed E-state index contributed by atoms with van der Waals surface area (Å²) in [7, 11) is 0.289. The van der Waals surface area contributed by atoms with Gasteiger partial charge in [0.1, 0.15) is 0 Å². The van der Waals surface area contributed by atoms with E-state index in [2.05, 4.69) is 35.6 Å². The molecular weight excluding hydrogens is 540 g/mol. The third kappa shape index (κ3) is 6.91. The maximum Gasteiger partial charge on any atom is 0.261 e. The largest absolute Gasteiger partial charge is 0.309 e. The lowest BCUT2D eigenvalue weighted by Crippen LogP contribution is -2.33. The zero-order chi connectivity index (χ0) is 26.7. The Bertz CT molecular complexity index is 1480. The quantitative estimate of drug-likeness (QED) is 0.264. The molecule has 4 aromatic rings. The molecule has 0 aliphatic heterocycles. The highest BCUT2D eigenvalue weighted by Gasteiger charge is 2.22. The summed E-state index contributed by atoms with van der Waals surface area (Å²) < 4.78 is 29.1. The molecule has 1 aromatic heterocycles. The molecule has 10 heteroatoms. The van der Waals surface area contributed by atoms with Gasteiger partial charge in [0.05, 0.1) is 15.1 Å². The van der Waals surface area contributed by atoms with Crippen LogP contribution in [0.15, 0.2) is 65.6 Å². The maximum absolute atomic E-state index is 13.6. The number of hydrogen-bond acceptors (Lipinski definition) is 6. The smallest absolute Gasteiger partial charge is 0.261 e. The topological polar surface area (TPSA) is 82.6 Å². The number of nitrogens with one attached hydrogen (secondary N) is 1. The van der Waals surface area contributed by atoms with Gasteiger partial charge in [-0.05, 0) is 107 Å². The first-order valence-electron chi connectivity index (χ1n) is 12.1. The molecule has 3 aromatic carbocycles. The number of halogens is 1. The van der Waals surface area contributed by atoms with Crippen molar-refractivity contribution in [1.29, 1.82) is 0 Å². The average Bonchev–Trinajstić information content (AvgIpc) is 3.24. The molecule has 0 radical (unpaired) electrons. The van der Waals surface area contributed by atoms with Gasteiger partial charge < -0.3 is 4.90 Å². The second-order valence-electron chi connectivity index (χ2n) is 9.51. The lowest BCUT2D eigenvalue weighted by Gasteiger charge is -2.21. The van der Waals surface area contributed by atoms with Gasteiger partial charge in [0.15, 0.2) is 5.13 Å². The van der Waals surface area contributed by atoms with E-state index in [0.29, 0.717) is 22.9 Å². The molecule has 1 heterocycles. The zero-order valence-electron chi connectivity index (χ0n) is 22.2. The number of sulfonamides is 1. The molecule has 1 N–H and O–H groups in total. The molecule has 4 rings (SSSR count). The van der Waals surface area contributed by atoms with Crippen molar-refractivity contribution in [3.8, 4) is 0 Å². The summed E-state index contributed by atoms with van der Waals surface area (Å²) in [6, 6.07) is 17.4. The number of nitrogens with zero attached hydrogens (tertiary/aromatic N) is 3. The zero-order valence-corrected chi connectivity index (χ0v) is 24.6. The van der Waals surface area contributed by atoms with Crippen LogP contribution in [0.5, 0.6) is 0 Å². The van der Waals surface area contributed by atoms with Crippen molar-refractivity contribution in [2.24, 2.45) is 0 Å². The highest BCUT2D eigenvalue weighted by molar-refractivity contribution is 7.92. The maximum atomic E-state index is 13.6. The Labute approximate surface area is 235 Å². The number of carbonyl (C=O) groups is 1. The summed E-state index contributed by atoms with van der Waals surface area (Å²) in [4.78, 5) is 22.4. The Kier molecular flexibility index (Phi) is 9.54. The van der Waals surface area contributed by atoms with E-state index in [1.54, 1.807) is 53.4 Å². The summed E-state index contributed by atoms with van der Waals surface area (Å²) in [5, 5.41) is 0.660. The molecule has 0 spiro atoms. The van der Waals surface area contributed by atoms with Crippen LogP contribution in [0.1, 0.15) is 33.5 Å². The van der Waals surface area contributed by atoms with E-state index in [1.807, 2.05) is 21.0 Å². The Morgan fingerprint density at radius 2 is 1.55 bits per heavy atom. The van der Waals surface area contributed by atoms with Crippen molar-refractivity contribution in [2.45, 2.75) is 32.1 Å². The van der Waals surface area contributed by atoms with Crippen LogP contribution in [0.25, 0.3) is 10.2 Å². The fourth-order valence-corrected chi connectivity index (χ4v) is 6.01. The molecule has 38 heavy (non-hydrogen) atoms. The van der Waals surface area contributed by atoms with Gasteiger partial charge in [0, 0.05) is 17.8 Å². The standard InChI is InChI=1S/C28H32N4O3S2.ClH/c1-19-7-13-24(14-8-19)37(34,35)30-23-11-9-22(10-12-23)27(33)32(16-6-15-31(4)5)28-29-25-17-20(2)21(3)18-26(25)36-28;/h7-14,17-18,30H,6,15-16H2,1-5H3;1H. The molecular formula is C28H33ClN4O3S2. The van der Waals surface area contributed by atoms with Crippen molar-refractivity contribution in [2.75, 3.05) is 36.8 Å². The van der Waals surface area contributed by atoms with Crippen molar-refractivity contribution >= 4 is 60.7 Å². The Balaban J connectivity index is 0.00000400. The van der Waals surface area contributed by atoms with Crippen LogP contribution in [0.2, 0.25) is 0 Å². The molecule has 0 aliphatic rings. The van der Waals surface area contributed by atoms with Crippen LogP contribution in [-0.2, 0) is 10.0 Å². The van der Waals surface area contributed by atoms with Gasteiger partial charge in [-0.3, -0.25) is 14.4 Å². The Morgan fingerprint density at radius 3 is 2.18 bits per heavy atom. The number of amides is 1. The fraction of sp³-hybridized carbons (Fsp3) is 0.286. The molecule has 0 unspecified atom stereocenters. The lowest BCUT2D eigenvalue weighted by molar-refractivity contribution is 0.0986. The second kappa shape index (κ2) is 12.3. The van der Waals surface area contributed by atoms with E-state index in [1.165, 1.54) is 22.5 Å². The molecule has 7 nitrogen and oxygen atoms in total. The molecule has 0 saturated carbocycles. The van der Waals surface area contributed by atoms with Crippen molar-refractivity contribution in [3.63, 3.8) is 0 Å². The molecule has 0 aliphatic carbocycles. The first-order chi connectivity index (χ1) is 17.5. The first-order valence-corrected chi connectivity index (χ1v) is 14.4. The lowest BCUT2D eigenvalue weighted by atomic mass is 10.1. The van der Waals surface area contributed by atoms with E-state index in [9.17, 15) is 13.2 Å². The number of carbonyl (C=O) groups excluding carboxylic acids is 1. The third-order valence-electron chi connectivity index (χ3n) is 6.17. The summed E-state index contributed by atoms with van der Waals surface area (Å²) in [5.74, 6) is -0.167. The normalized spacial score (nSPS) is 11.4. The minimum Gasteiger partial charge on any atom is -0.309 e. The van der Waals surface area contributed by atoms with Gasteiger partial charge in [-0.15, -0.1) is 12.4 Å². The number of thiazole rings is 1. The summed E-state index contributed by atoms with van der Waals surface area (Å²) >= 11 is 1.51. The van der Waals surface area contributed by atoms with Crippen LogP contribution < -0.4 is 9.62 Å². The molecule has 0 fully saturated rings. The number of anilines is 2. The van der Waals surface area contributed by atoms with E-state index < -0.39 is 10.0 Å². The first kappa shape index (κ1) is 29.6. The van der Waals surface area contributed by atoms with Crippen LogP contribution in [0, 0.1) is 20.8 Å². The Hall–Kier alpha value is -2.98. The SMILES string of the molecule is Cc1ccc(S(=O)(=O)Nc2ccc(C(=O)N(CCCN(C)C)c3nc4cc(C)c(C)cc4s3)cc2)cc1.Cl. The van der Waals surface area contributed by atoms with Crippen LogP contribution in [-0.4, -0.2) is 51.4 Å². The minimum atomic E-state index is -3.72. The van der Waals surface area contributed by atoms with E-state index >= 15 is 0 Å². The van der Waals surface area contributed by atoms with Gasteiger partial charge in [-0.1, -0.05) is 29.0 Å². The third-order valence-corrected chi connectivity index (χ3v) is 8.61. The van der Waals surface area contributed by atoms with E-state index in [-0.39, 0.29) is 23.2 Å². The van der Waals surface area contributed by atoms with Crippen molar-refractivity contribution < 1.29 is 13.2 Å². The monoisotopic (exact) mass is 572 g/mol. The van der Waals surface area contributed by atoms with Crippen LogP contribution in [0.3, 0.4) is 0 Å². The number of hydrogen-bond donors (Lipinski definition) is 1. The van der Waals surface area contributed by atoms with Gasteiger partial charge in [-0.25, -0.2) is 13.4 Å². The van der Waals surface area contributed by atoms with Crippen LogP contribution in [0.4, 0.5) is 10.8 Å². The molecule has 0 bridgehead atoms. The van der Waals surface area contributed by atoms with Gasteiger partial charge in [0.25, 0.3) is 15.9 Å². The molecule has 0 atom stereocenters. The highest BCUT2D eigenvalue weighted by Crippen LogP contribution is 2.32. The summed E-state index contributed by atoms with van der Waals surface area (Å²) in [6.07, 6.45) is 0.793. The number of fused-ring (bicyclic) bond motifs is 1. The predicted molar refractivity (Wildman–Crippen MR) is 160 cm³/mol. The minimum absolute atomic E-state index is 0. The van der Waals surface area contributed by atoms with Crippen LogP contribution >= 0.6 is 23.7 Å². The van der Waals surface area contributed by atoms with E-state index in [0.717, 1.165) is 28.7 Å². The Morgan fingerprint density at radius 1 is 0.921 bits per heavy atom. The van der Waals surface area contributed by atoms with Crippen molar-refractivity contribution in [1.82, 2.24) is 9.88 Å². The molecule has 0 saturated heterocycles. The fourth-order valence-electron chi connectivity index (χ4n) is 3.88. The number of rotatable bonds is 9. The van der Waals surface area contributed by atoms with Gasteiger partial charge in [-0.2, -0.15) is 0 Å². The number of aromatic nitrogens is 1. The predicted octanol–water partition coefficient (Wildman–Crippen LogP) is 6.04.